The summed E-state index contributed by atoms with van der Waals surface area (Å²) in [6.07, 6.45) is 1.26. The summed E-state index contributed by atoms with van der Waals surface area (Å²) in [5.41, 5.74) is 0.585. The highest BCUT2D eigenvalue weighted by Crippen LogP contribution is 2.25. The second-order valence-electron chi connectivity index (χ2n) is 3.95. The predicted octanol–water partition coefficient (Wildman–Crippen LogP) is 2.75. The van der Waals surface area contributed by atoms with E-state index in [4.69, 9.17) is 11.6 Å². The fourth-order valence-corrected chi connectivity index (χ4v) is 1.97. The van der Waals surface area contributed by atoms with Gasteiger partial charge in [0, 0.05) is 5.56 Å². The largest absolute Gasteiger partial charge is 0.493 e. The molecule has 2 N–H and O–H groups in total. The molecule has 0 spiro atoms. The Hall–Kier alpha value is -1.81. The molecule has 0 radical (unpaired) electrons. The van der Waals surface area contributed by atoms with E-state index in [1.165, 1.54) is 0 Å². The van der Waals surface area contributed by atoms with Gasteiger partial charge < -0.3 is 10.1 Å². The molecule has 1 aromatic heterocycles. The summed E-state index contributed by atoms with van der Waals surface area (Å²) >= 11 is 6.02. The molecule has 4 nitrogen and oxygen atoms in total. The Morgan fingerprint density at radius 3 is 2.72 bits per heavy atom. The molecule has 0 bridgehead atoms. The number of H-pyrrole nitrogens is 1. The van der Waals surface area contributed by atoms with Crippen LogP contribution in [0.15, 0.2) is 29.1 Å². The van der Waals surface area contributed by atoms with Crippen LogP contribution in [0.25, 0.3) is 11.4 Å². The van der Waals surface area contributed by atoms with E-state index in [1.807, 2.05) is 6.92 Å². The van der Waals surface area contributed by atoms with Gasteiger partial charge in [-0.15, -0.1) is 0 Å². The number of nitrogens with zero attached hydrogens (tertiary/aromatic N) is 1. The lowest BCUT2D eigenvalue weighted by Gasteiger charge is -2.06. The van der Waals surface area contributed by atoms with E-state index in [0.29, 0.717) is 22.6 Å². The van der Waals surface area contributed by atoms with Gasteiger partial charge in [0.2, 0.25) is 5.88 Å². The third-order valence-corrected chi connectivity index (χ3v) is 2.95. The maximum absolute atomic E-state index is 11.8. The number of aromatic amines is 1. The molecular weight excluding hydrogens is 252 g/mol. The van der Waals surface area contributed by atoms with Gasteiger partial charge in [0.1, 0.15) is 5.82 Å². The zero-order valence-corrected chi connectivity index (χ0v) is 10.7. The topological polar surface area (TPSA) is 66.0 Å². The lowest BCUT2D eigenvalue weighted by atomic mass is 10.1. The first kappa shape index (κ1) is 12.6. The lowest BCUT2D eigenvalue weighted by molar-refractivity contribution is 0.443. The Morgan fingerprint density at radius 2 is 2.11 bits per heavy atom. The first-order valence-electron chi connectivity index (χ1n) is 5.70. The van der Waals surface area contributed by atoms with Crippen molar-refractivity contribution in [3.8, 4) is 17.3 Å². The minimum atomic E-state index is -0.320. The molecule has 0 aliphatic carbocycles. The number of aromatic nitrogens is 2. The van der Waals surface area contributed by atoms with E-state index in [1.54, 1.807) is 24.3 Å². The van der Waals surface area contributed by atoms with Gasteiger partial charge in [-0.05, 0) is 18.6 Å². The molecular formula is C13H13ClN2O2. The fourth-order valence-electron chi connectivity index (χ4n) is 1.74. The summed E-state index contributed by atoms with van der Waals surface area (Å²) < 4.78 is 0. The van der Waals surface area contributed by atoms with Gasteiger partial charge in [-0.25, -0.2) is 0 Å². The van der Waals surface area contributed by atoms with Gasteiger partial charge in [-0.3, -0.25) is 4.79 Å². The summed E-state index contributed by atoms with van der Waals surface area (Å²) in [5, 5.41) is 10.3. The van der Waals surface area contributed by atoms with Gasteiger partial charge in [-0.1, -0.05) is 37.1 Å². The van der Waals surface area contributed by atoms with Gasteiger partial charge in [-0.2, -0.15) is 4.98 Å². The fraction of sp³-hybridized carbons (Fsp3) is 0.231. The molecule has 0 fully saturated rings. The van der Waals surface area contributed by atoms with Crippen LogP contribution in [0.1, 0.15) is 18.9 Å². The Balaban J connectivity index is 2.55. The number of benzene rings is 1. The van der Waals surface area contributed by atoms with Crippen molar-refractivity contribution in [3.63, 3.8) is 0 Å². The number of aromatic hydroxyl groups is 1. The highest BCUT2D eigenvalue weighted by molar-refractivity contribution is 6.33. The van der Waals surface area contributed by atoms with Crippen molar-refractivity contribution in [1.29, 1.82) is 0 Å². The zero-order valence-electron chi connectivity index (χ0n) is 9.90. The van der Waals surface area contributed by atoms with Crippen LogP contribution in [-0.2, 0) is 6.42 Å². The number of hydrogen-bond donors (Lipinski definition) is 2. The third-order valence-electron chi connectivity index (χ3n) is 2.62. The van der Waals surface area contributed by atoms with Crippen LogP contribution >= 0.6 is 11.6 Å². The normalized spacial score (nSPS) is 10.6. The lowest BCUT2D eigenvalue weighted by Crippen LogP contribution is -2.15. The second kappa shape index (κ2) is 5.23. The Bertz CT molecular complexity index is 623. The van der Waals surface area contributed by atoms with Crippen molar-refractivity contribution in [2.24, 2.45) is 0 Å². The molecule has 1 heterocycles. The van der Waals surface area contributed by atoms with Crippen LogP contribution < -0.4 is 5.56 Å². The standard InChI is InChI=1S/C13H13ClN2O2/c1-2-5-9-12(17)15-11(16-13(9)18)8-6-3-4-7-10(8)14/h3-4,6-7H,2,5H2,1H3,(H2,15,16,17,18). The Kier molecular flexibility index (Phi) is 3.67. The highest BCUT2D eigenvalue weighted by Gasteiger charge is 2.12. The first-order valence-corrected chi connectivity index (χ1v) is 6.08. The smallest absolute Gasteiger partial charge is 0.258 e. The number of halogens is 1. The molecule has 2 rings (SSSR count). The minimum Gasteiger partial charge on any atom is -0.493 e. The van der Waals surface area contributed by atoms with E-state index in [2.05, 4.69) is 9.97 Å². The van der Waals surface area contributed by atoms with Crippen LogP contribution in [0.3, 0.4) is 0 Å². The molecule has 94 valence electrons. The van der Waals surface area contributed by atoms with Crippen LogP contribution in [-0.4, -0.2) is 15.1 Å². The summed E-state index contributed by atoms with van der Waals surface area (Å²) in [7, 11) is 0. The number of nitrogens with one attached hydrogen (secondary N) is 1. The van der Waals surface area contributed by atoms with Gasteiger partial charge in [0.15, 0.2) is 0 Å². The van der Waals surface area contributed by atoms with Gasteiger partial charge >= 0.3 is 0 Å². The first-order chi connectivity index (χ1) is 8.63. The van der Waals surface area contributed by atoms with Crippen molar-refractivity contribution in [1.82, 2.24) is 9.97 Å². The SMILES string of the molecule is CCCc1c(O)nc(-c2ccccc2Cl)[nH]c1=O. The van der Waals surface area contributed by atoms with Crippen molar-refractivity contribution in [2.75, 3.05) is 0 Å². The molecule has 0 aliphatic rings. The zero-order chi connectivity index (χ0) is 13.1. The molecule has 0 saturated heterocycles. The van der Waals surface area contributed by atoms with Crippen LogP contribution in [0.5, 0.6) is 5.88 Å². The van der Waals surface area contributed by atoms with Crippen molar-refractivity contribution in [2.45, 2.75) is 19.8 Å². The molecule has 0 unspecified atom stereocenters. The molecule has 0 atom stereocenters. The highest BCUT2D eigenvalue weighted by atomic mass is 35.5. The van der Waals surface area contributed by atoms with Gasteiger partial charge in [0.05, 0.1) is 10.6 Å². The van der Waals surface area contributed by atoms with E-state index in [9.17, 15) is 9.90 Å². The molecule has 0 saturated carbocycles. The van der Waals surface area contributed by atoms with Crippen LogP contribution in [0.2, 0.25) is 5.02 Å². The molecule has 1 aromatic carbocycles. The predicted molar refractivity (Wildman–Crippen MR) is 71.0 cm³/mol. The average molecular weight is 265 g/mol. The van der Waals surface area contributed by atoms with E-state index < -0.39 is 0 Å². The van der Waals surface area contributed by atoms with Crippen molar-refractivity contribution >= 4 is 11.6 Å². The maximum Gasteiger partial charge on any atom is 0.258 e. The van der Waals surface area contributed by atoms with E-state index in [-0.39, 0.29) is 17.3 Å². The van der Waals surface area contributed by atoms with Crippen LogP contribution in [0, 0.1) is 0 Å². The molecule has 18 heavy (non-hydrogen) atoms. The molecule has 5 heteroatoms. The number of rotatable bonds is 3. The van der Waals surface area contributed by atoms with E-state index in [0.717, 1.165) is 6.42 Å². The quantitative estimate of drug-likeness (QED) is 0.896. The third kappa shape index (κ3) is 2.38. The minimum absolute atomic E-state index is 0.226. The average Bonchev–Trinajstić information content (AvgIpc) is 2.34. The molecule has 0 amide bonds. The van der Waals surface area contributed by atoms with Crippen molar-refractivity contribution < 1.29 is 5.11 Å². The molecule has 2 aromatic rings. The second-order valence-corrected chi connectivity index (χ2v) is 4.35. The summed E-state index contributed by atoms with van der Waals surface area (Å²) in [5.74, 6) is 0.0541. The Morgan fingerprint density at radius 1 is 1.39 bits per heavy atom. The summed E-state index contributed by atoms with van der Waals surface area (Å²) in [6, 6.07) is 7.01. The maximum atomic E-state index is 11.8. The van der Waals surface area contributed by atoms with Crippen molar-refractivity contribution in [3.05, 3.63) is 45.2 Å². The monoisotopic (exact) mass is 264 g/mol. The summed E-state index contributed by atoms with van der Waals surface area (Å²) in [6.45, 7) is 1.93. The Labute approximate surface area is 109 Å². The van der Waals surface area contributed by atoms with E-state index >= 15 is 0 Å². The van der Waals surface area contributed by atoms with Gasteiger partial charge in [0.25, 0.3) is 5.56 Å². The van der Waals surface area contributed by atoms with Crippen LogP contribution in [0.4, 0.5) is 0 Å². The molecule has 0 aliphatic heterocycles. The number of hydrogen-bond acceptors (Lipinski definition) is 3. The summed E-state index contributed by atoms with van der Waals surface area (Å²) in [4.78, 5) is 18.5.